The summed E-state index contributed by atoms with van der Waals surface area (Å²) in [5.74, 6) is -0.0936. The molecule has 1 aliphatic rings. The maximum absolute atomic E-state index is 11.9. The number of rotatable bonds is 4. The van der Waals surface area contributed by atoms with Crippen LogP contribution in [0, 0.1) is 0 Å². The van der Waals surface area contributed by atoms with Gasteiger partial charge >= 0.3 is 6.03 Å². The highest BCUT2D eigenvalue weighted by atomic mass is 16.3. The molecule has 1 saturated carbocycles. The zero-order chi connectivity index (χ0) is 14.6. The van der Waals surface area contributed by atoms with E-state index in [0.29, 0.717) is 5.56 Å². The van der Waals surface area contributed by atoms with Gasteiger partial charge in [0.05, 0.1) is 12.1 Å². The van der Waals surface area contributed by atoms with Crippen LogP contribution in [0.5, 0.6) is 11.5 Å². The van der Waals surface area contributed by atoms with Crippen molar-refractivity contribution in [2.24, 2.45) is 0 Å². The van der Waals surface area contributed by atoms with E-state index in [2.05, 4.69) is 10.6 Å². The third-order valence-electron chi connectivity index (χ3n) is 3.75. The van der Waals surface area contributed by atoms with Crippen molar-refractivity contribution in [3.63, 3.8) is 0 Å². The molecule has 110 valence electrons. The summed E-state index contributed by atoms with van der Waals surface area (Å²) in [4.78, 5) is 11.9. The smallest absolute Gasteiger partial charge is 0.315 e. The van der Waals surface area contributed by atoms with Crippen molar-refractivity contribution in [1.82, 2.24) is 10.6 Å². The van der Waals surface area contributed by atoms with Crippen LogP contribution in [0.2, 0.25) is 0 Å². The second-order valence-electron chi connectivity index (χ2n) is 5.27. The number of aliphatic hydroxyl groups is 1. The Kier molecular flexibility index (Phi) is 4.34. The molecule has 0 atom stereocenters. The number of benzene rings is 1. The number of nitrogens with one attached hydrogen (secondary N) is 2. The highest BCUT2D eigenvalue weighted by Crippen LogP contribution is 2.29. The highest BCUT2D eigenvalue weighted by Gasteiger charge is 2.34. The fraction of sp³-hybridized carbons (Fsp3) is 0.500. The molecule has 1 fully saturated rings. The molecule has 2 rings (SSSR count). The highest BCUT2D eigenvalue weighted by molar-refractivity contribution is 5.75. The monoisotopic (exact) mass is 280 g/mol. The summed E-state index contributed by atoms with van der Waals surface area (Å²) in [6.45, 7) is 0.0876. The van der Waals surface area contributed by atoms with Crippen molar-refractivity contribution in [2.75, 3.05) is 6.61 Å². The van der Waals surface area contributed by atoms with Gasteiger partial charge in [0.1, 0.15) is 11.5 Å². The van der Waals surface area contributed by atoms with Crippen LogP contribution in [0.3, 0.4) is 0 Å². The van der Waals surface area contributed by atoms with E-state index in [-0.39, 0.29) is 30.7 Å². The molecule has 0 bridgehead atoms. The molecule has 0 spiro atoms. The van der Waals surface area contributed by atoms with Crippen molar-refractivity contribution in [2.45, 2.75) is 37.8 Å². The summed E-state index contributed by atoms with van der Waals surface area (Å²) in [5, 5.41) is 33.7. The normalized spacial score (nSPS) is 16.9. The molecule has 6 heteroatoms. The van der Waals surface area contributed by atoms with Gasteiger partial charge in [-0.15, -0.1) is 0 Å². The molecule has 0 heterocycles. The van der Waals surface area contributed by atoms with Gasteiger partial charge in [-0.3, -0.25) is 0 Å². The minimum absolute atomic E-state index is 0.0270. The van der Waals surface area contributed by atoms with Crippen LogP contribution in [0.4, 0.5) is 4.79 Å². The molecule has 1 aromatic carbocycles. The number of aliphatic hydroxyl groups excluding tert-OH is 1. The van der Waals surface area contributed by atoms with E-state index in [1.807, 2.05) is 0 Å². The first-order valence-corrected chi connectivity index (χ1v) is 6.72. The average molecular weight is 280 g/mol. The molecule has 20 heavy (non-hydrogen) atoms. The van der Waals surface area contributed by atoms with Crippen LogP contribution < -0.4 is 10.6 Å². The quantitative estimate of drug-likeness (QED) is 0.572. The molecule has 0 unspecified atom stereocenters. The predicted octanol–water partition coefficient (Wildman–Crippen LogP) is 1.20. The number of carbonyl (C=O) groups is 1. The lowest BCUT2D eigenvalue weighted by Crippen LogP contribution is -2.52. The van der Waals surface area contributed by atoms with Crippen molar-refractivity contribution in [3.8, 4) is 11.5 Å². The summed E-state index contributed by atoms with van der Waals surface area (Å²) in [5.41, 5.74) is 0.00332. The van der Waals surface area contributed by atoms with E-state index in [0.717, 1.165) is 25.7 Å². The van der Waals surface area contributed by atoms with Crippen LogP contribution in [-0.4, -0.2) is 33.5 Å². The lowest BCUT2D eigenvalue weighted by atomic mass is 9.99. The molecule has 6 nitrogen and oxygen atoms in total. The first-order valence-electron chi connectivity index (χ1n) is 6.72. The third-order valence-corrected chi connectivity index (χ3v) is 3.75. The molecule has 1 aromatic rings. The Hall–Kier alpha value is -1.95. The maximum Gasteiger partial charge on any atom is 0.315 e. The number of phenolic OH excluding ortho intramolecular Hbond substituents is 2. The molecular formula is C14H20N2O4. The molecule has 0 aliphatic heterocycles. The second-order valence-corrected chi connectivity index (χ2v) is 5.27. The molecule has 0 radical (unpaired) electrons. The van der Waals surface area contributed by atoms with E-state index in [1.165, 1.54) is 12.1 Å². The van der Waals surface area contributed by atoms with Crippen LogP contribution >= 0.6 is 0 Å². The number of aromatic hydroxyl groups is 2. The van der Waals surface area contributed by atoms with E-state index < -0.39 is 5.54 Å². The van der Waals surface area contributed by atoms with Gasteiger partial charge in [-0.25, -0.2) is 4.79 Å². The van der Waals surface area contributed by atoms with Gasteiger partial charge in [0.25, 0.3) is 0 Å². The minimum Gasteiger partial charge on any atom is -0.508 e. The van der Waals surface area contributed by atoms with Crippen LogP contribution in [0.1, 0.15) is 31.2 Å². The minimum atomic E-state index is -0.513. The Labute approximate surface area is 117 Å². The fourth-order valence-electron chi connectivity index (χ4n) is 2.54. The standard InChI is InChI=1S/C14H20N2O4/c17-9-14(5-1-2-6-14)16-13(20)15-8-10-3-4-11(18)7-12(10)19/h3-4,7,17-19H,1-2,5-6,8-9H2,(H2,15,16,20). The summed E-state index contributed by atoms with van der Waals surface area (Å²) >= 11 is 0. The largest absolute Gasteiger partial charge is 0.508 e. The first kappa shape index (κ1) is 14.5. The van der Waals surface area contributed by atoms with Crippen molar-refractivity contribution in [1.29, 1.82) is 0 Å². The molecule has 5 N–H and O–H groups in total. The second kappa shape index (κ2) is 6.00. The van der Waals surface area contributed by atoms with Crippen molar-refractivity contribution < 1.29 is 20.1 Å². The average Bonchev–Trinajstić information content (AvgIpc) is 2.87. The van der Waals surface area contributed by atoms with Crippen LogP contribution in [0.25, 0.3) is 0 Å². The van der Waals surface area contributed by atoms with Gasteiger partial charge in [-0.1, -0.05) is 12.8 Å². The number of amides is 2. The Morgan fingerprint density at radius 3 is 2.55 bits per heavy atom. The fourth-order valence-corrected chi connectivity index (χ4v) is 2.54. The van der Waals surface area contributed by atoms with Gasteiger partial charge < -0.3 is 26.0 Å². The first-order chi connectivity index (χ1) is 9.54. The molecule has 1 aliphatic carbocycles. The number of carbonyl (C=O) groups excluding carboxylic acids is 1. The summed E-state index contributed by atoms with van der Waals surface area (Å²) in [6.07, 6.45) is 3.56. The molecular weight excluding hydrogens is 260 g/mol. The van der Waals surface area contributed by atoms with Gasteiger partial charge in [0, 0.05) is 18.2 Å². The van der Waals surface area contributed by atoms with E-state index >= 15 is 0 Å². The van der Waals surface area contributed by atoms with Crippen LogP contribution in [-0.2, 0) is 6.54 Å². The summed E-state index contributed by atoms with van der Waals surface area (Å²) in [6, 6.07) is 3.85. The Bertz CT molecular complexity index is 484. The number of urea groups is 1. The van der Waals surface area contributed by atoms with Gasteiger partial charge in [0.2, 0.25) is 0 Å². The predicted molar refractivity (Wildman–Crippen MR) is 73.4 cm³/mol. The summed E-state index contributed by atoms with van der Waals surface area (Å²) in [7, 11) is 0. The summed E-state index contributed by atoms with van der Waals surface area (Å²) < 4.78 is 0. The van der Waals surface area contributed by atoms with Gasteiger partial charge in [-0.05, 0) is 25.0 Å². The lowest BCUT2D eigenvalue weighted by Gasteiger charge is -2.28. The Balaban J connectivity index is 1.89. The number of hydrogen-bond acceptors (Lipinski definition) is 4. The van der Waals surface area contributed by atoms with E-state index in [9.17, 15) is 20.1 Å². The lowest BCUT2D eigenvalue weighted by molar-refractivity contribution is 0.162. The van der Waals surface area contributed by atoms with Gasteiger partial charge in [0.15, 0.2) is 0 Å². The zero-order valence-electron chi connectivity index (χ0n) is 11.2. The topological polar surface area (TPSA) is 102 Å². The molecule has 2 amide bonds. The SMILES string of the molecule is O=C(NCc1ccc(O)cc1O)NC1(CO)CCCC1. The number of phenols is 2. The molecule has 0 saturated heterocycles. The van der Waals surface area contributed by atoms with Gasteiger partial charge in [-0.2, -0.15) is 0 Å². The van der Waals surface area contributed by atoms with Crippen molar-refractivity contribution >= 4 is 6.03 Å². The number of hydrogen-bond donors (Lipinski definition) is 5. The zero-order valence-corrected chi connectivity index (χ0v) is 11.2. The van der Waals surface area contributed by atoms with E-state index in [1.54, 1.807) is 6.07 Å². The Morgan fingerprint density at radius 1 is 1.25 bits per heavy atom. The molecule has 0 aromatic heterocycles. The maximum atomic E-state index is 11.9. The Morgan fingerprint density at radius 2 is 1.95 bits per heavy atom. The third kappa shape index (κ3) is 3.33. The van der Waals surface area contributed by atoms with E-state index in [4.69, 9.17) is 0 Å². The van der Waals surface area contributed by atoms with Crippen LogP contribution in [0.15, 0.2) is 18.2 Å². The van der Waals surface area contributed by atoms with Crippen molar-refractivity contribution in [3.05, 3.63) is 23.8 Å².